The molecule has 0 bridgehead atoms. The first kappa shape index (κ1) is 23.4. The molecule has 2 atom stereocenters. The molecule has 2 aliphatic heterocycles. The molecule has 0 unspecified atom stereocenters. The van der Waals surface area contributed by atoms with Gasteiger partial charge in [-0.2, -0.15) is 0 Å². The predicted octanol–water partition coefficient (Wildman–Crippen LogP) is 5.15. The molecule has 178 valence electrons. The zero-order valence-corrected chi connectivity index (χ0v) is 20.0. The zero-order valence-electron chi connectivity index (χ0n) is 19.3. The van der Waals surface area contributed by atoms with Crippen LogP contribution in [0.25, 0.3) is 11.0 Å². The number of pyridine rings is 2. The summed E-state index contributed by atoms with van der Waals surface area (Å²) in [5.41, 5.74) is 0.440. The van der Waals surface area contributed by atoms with E-state index in [1.165, 1.54) is 6.20 Å². The van der Waals surface area contributed by atoms with Gasteiger partial charge in [0.15, 0.2) is 0 Å². The van der Waals surface area contributed by atoms with E-state index in [-0.39, 0.29) is 18.5 Å². The zero-order chi connectivity index (χ0) is 24.4. The lowest BCUT2D eigenvalue weighted by Crippen LogP contribution is -2.41. The van der Waals surface area contributed by atoms with Gasteiger partial charge in [0.1, 0.15) is 23.6 Å². The molecule has 0 amide bonds. The van der Waals surface area contributed by atoms with Crippen molar-refractivity contribution in [1.82, 2.24) is 9.97 Å². The first-order valence-corrected chi connectivity index (χ1v) is 11.5. The average Bonchev–Trinajstić information content (AvgIpc) is 3.24. The first-order valence-electron chi connectivity index (χ1n) is 11.1. The molecule has 3 aromatic rings. The summed E-state index contributed by atoms with van der Waals surface area (Å²) in [6, 6.07) is 5.95. The Morgan fingerprint density at radius 1 is 1.09 bits per heavy atom. The Labute approximate surface area is 201 Å². The van der Waals surface area contributed by atoms with Gasteiger partial charge in [-0.1, -0.05) is 11.6 Å². The minimum Gasteiger partial charge on any atom is -0.399 e. The van der Waals surface area contributed by atoms with Crippen molar-refractivity contribution in [2.75, 3.05) is 11.4 Å². The molecule has 2 saturated heterocycles. The lowest BCUT2D eigenvalue weighted by Gasteiger charge is -2.32. The molecule has 0 N–H and O–H groups in total. The number of halogens is 4. The predicted molar refractivity (Wildman–Crippen MR) is 126 cm³/mol. The maximum atomic E-state index is 14.6. The Morgan fingerprint density at radius 3 is 2.50 bits per heavy atom. The number of fused-ring (bicyclic) bond motifs is 1. The maximum Gasteiger partial charge on any atom is 0.498 e. The summed E-state index contributed by atoms with van der Waals surface area (Å²) in [6.45, 7) is 7.75. The molecule has 5 nitrogen and oxygen atoms in total. The summed E-state index contributed by atoms with van der Waals surface area (Å²) >= 11 is 6.54. The van der Waals surface area contributed by atoms with Gasteiger partial charge < -0.3 is 14.2 Å². The average molecular weight is 490 g/mol. The standard InChI is InChI=1S/C24H24BClF3N3O2/c1-23(2)24(3,4)34-25(33-23)21-16(26)11-30-18-7-8-20(31-22(18)21)32-12-14(28)10-19(32)15-9-13(27)5-6-17(15)29/h5-9,11,14,19H,10,12H2,1-4H3/t14-,19+/m0/s1. The van der Waals surface area contributed by atoms with Gasteiger partial charge in [0.25, 0.3) is 0 Å². The maximum absolute atomic E-state index is 14.6. The van der Waals surface area contributed by atoms with Gasteiger partial charge in [0, 0.05) is 23.6 Å². The summed E-state index contributed by atoms with van der Waals surface area (Å²) in [7, 11) is -0.783. The second kappa shape index (κ2) is 8.10. The summed E-state index contributed by atoms with van der Waals surface area (Å²) < 4.78 is 55.4. The van der Waals surface area contributed by atoms with E-state index in [1.54, 1.807) is 17.0 Å². The van der Waals surface area contributed by atoms with E-state index in [4.69, 9.17) is 25.9 Å². The molecule has 0 spiro atoms. The normalized spacial score (nSPS) is 23.8. The van der Waals surface area contributed by atoms with Crippen LogP contribution in [-0.2, 0) is 9.31 Å². The van der Waals surface area contributed by atoms with Gasteiger partial charge in [-0.05, 0) is 58.0 Å². The van der Waals surface area contributed by atoms with Crippen molar-refractivity contribution in [2.24, 2.45) is 0 Å². The van der Waals surface area contributed by atoms with Crippen molar-refractivity contribution in [3.05, 3.63) is 58.7 Å². The van der Waals surface area contributed by atoms with Crippen LogP contribution in [0.3, 0.4) is 0 Å². The fourth-order valence-electron chi connectivity index (χ4n) is 4.50. The van der Waals surface area contributed by atoms with Crippen molar-refractivity contribution in [1.29, 1.82) is 0 Å². The first-order chi connectivity index (χ1) is 16.0. The minimum atomic E-state index is -1.22. The molecule has 4 heterocycles. The van der Waals surface area contributed by atoms with Gasteiger partial charge in [-0.3, -0.25) is 4.98 Å². The molecule has 34 heavy (non-hydrogen) atoms. The van der Waals surface area contributed by atoms with Crippen LogP contribution in [-0.4, -0.2) is 41.0 Å². The number of hydrogen-bond donors (Lipinski definition) is 0. The Hall–Kier alpha value is -2.36. The number of rotatable bonds is 3. The number of alkyl halides is 1. The summed E-state index contributed by atoms with van der Waals surface area (Å²) in [6.07, 6.45) is 0.326. The molecule has 2 aliphatic rings. The number of benzene rings is 1. The summed E-state index contributed by atoms with van der Waals surface area (Å²) in [5.74, 6) is -0.763. The molecular formula is C24H24BClF3N3O2. The highest BCUT2D eigenvalue weighted by atomic mass is 35.5. The van der Waals surface area contributed by atoms with Crippen molar-refractivity contribution in [3.63, 3.8) is 0 Å². The van der Waals surface area contributed by atoms with E-state index >= 15 is 0 Å². The lowest BCUT2D eigenvalue weighted by atomic mass is 9.78. The van der Waals surface area contributed by atoms with E-state index < -0.39 is 42.2 Å². The van der Waals surface area contributed by atoms with E-state index in [1.807, 2.05) is 27.7 Å². The largest absolute Gasteiger partial charge is 0.498 e. The highest BCUT2D eigenvalue weighted by molar-refractivity contribution is 6.68. The second-order valence-corrected chi connectivity index (χ2v) is 10.2. The van der Waals surface area contributed by atoms with Crippen molar-refractivity contribution in [2.45, 2.75) is 57.5 Å². The molecule has 2 aromatic heterocycles. The minimum absolute atomic E-state index is 0.00105. The van der Waals surface area contributed by atoms with E-state index in [9.17, 15) is 13.2 Å². The molecule has 5 rings (SSSR count). The van der Waals surface area contributed by atoms with Crippen LogP contribution in [0.15, 0.2) is 36.5 Å². The Kier molecular flexibility index (Phi) is 5.58. The van der Waals surface area contributed by atoms with Gasteiger partial charge in [-0.25, -0.2) is 18.2 Å². The van der Waals surface area contributed by atoms with Gasteiger partial charge in [0.2, 0.25) is 0 Å². The molecular weight excluding hydrogens is 466 g/mol. The van der Waals surface area contributed by atoms with Crippen LogP contribution in [0, 0.1) is 11.6 Å². The van der Waals surface area contributed by atoms with Crippen molar-refractivity contribution in [3.8, 4) is 0 Å². The third-order valence-electron chi connectivity index (χ3n) is 7.04. The fourth-order valence-corrected chi connectivity index (χ4v) is 4.73. The van der Waals surface area contributed by atoms with E-state index in [2.05, 4.69) is 4.98 Å². The molecule has 10 heteroatoms. The molecule has 0 saturated carbocycles. The third-order valence-corrected chi connectivity index (χ3v) is 7.34. The quantitative estimate of drug-likeness (QED) is 0.476. The van der Waals surface area contributed by atoms with Gasteiger partial charge >= 0.3 is 7.12 Å². The monoisotopic (exact) mass is 489 g/mol. The van der Waals surface area contributed by atoms with Crippen LogP contribution in [0.5, 0.6) is 0 Å². The van der Waals surface area contributed by atoms with Gasteiger partial charge in [-0.15, -0.1) is 0 Å². The Morgan fingerprint density at radius 2 is 1.79 bits per heavy atom. The smallest absolute Gasteiger partial charge is 0.399 e. The molecule has 0 radical (unpaired) electrons. The molecule has 2 fully saturated rings. The number of hydrogen-bond acceptors (Lipinski definition) is 5. The summed E-state index contributed by atoms with van der Waals surface area (Å²) in [4.78, 5) is 10.8. The van der Waals surface area contributed by atoms with Crippen LogP contribution in [0.1, 0.15) is 45.7 Å². The topological polar surface area (TPSA) is 47.5 Å². The number of anilines is 1. The summed E-state index contributed by atoms with van der Waals surface area (Å²) in [5, 5.41) is 0.327. The number of aromatic nitrogens is 2. The highest BCUT2D eigenvalue weighted by Crippen LogP contribution is 2.40. The molecule has 1 aromatic carbocycles. The fraction of sp³-hybridized carbons (Fsp3) is 0.417. The van der Waals surface area contributed by atoms with Crippen LogP contribution in [0.2, 0.25) is 5.02 Å². The second-order valence-electron chi connectivity index (χ2n) is 9.81. The van der Waals surface area contributed by atoms with E-state index in [0.29, 0.717) is 27.3 Å². The van der Waals surface area contributed by atoms with E-state index in [0.717, 1.165) is 18.2 Å². The van der Waals surface area contributed by atoms with Crippen LogP contribution in [0.4, 0.5) is 19.0 Å². The highest BCUT2D eigenvalue weighted by Gasteiger charge is 2.53. The lowest BCUT2D eigenvalue weighted by molar-refractivity contribution is 0.00578. The Balaban J connectivity index is 1.60. The molecule has 0 aliphatic carbocycles. The van der Waals surface area contributed by atoms with Crippen molar-refractivity contribution >= 4 is 41.0 Å². The van der Waals surface area contributed by atoms with Crippen molar-refractivity contribution < 1.29 is 22.5 Å². The SMILES string of the molecule is CC1(C)OB(c2c(Cl)cnc3ccc(N4C[C@@H](F)C[C@@H]4c4cc(F)ccc4F)nc23)OC1(C)C. The Bertz CT molecular complexity index is 1260. The van der Waals surface area contributed by atoms with Crippen LogP contribution >= 0.6 is 11.6 Å². The number of nitrogens with zero attached hydrogens (tertiary/aromatic N) is 3. The van der Waals surface area contributed by atoms with Crippen LogP contribution < -0.4 is 10.4 Å². The van der Waals surface area contributed by atoms with Gasteiger partial charge in [0.05, 0.1) is 39.8 Å². The third kappa shape index (κ3) is 3.83.